The first-order valence-electron chi connectivity index (χ1n) is 10.7. The summed E-state index contributed by atoms with van der Waals surface area (Å²) in [5.74, 6) is -1.02. The quantitative estimate of drug-likeness (QED) is 0.253. The monoisotopic (exact) mass is 432 g/mol. The fourth-order valence-corrected chi connectivity index (χ4v) is 3.52. The van der Waals surface area contributed by atoms with Crippen molar-refractivity contribution in [2.24, 2.45) is 0 Å². The standard InChI is InChI=1S/C27H29FN2O2/c1-19(2)14-15-29-17-22(24-10-5-6-11-25(24)29)12-13-27(32)30(20(3)4)18-26(31)21-8-7-9-23(28)16-21/h5-14,16-17,20H,15,18H2,1-4H3/b13-12+. The highest BCUT2D eigenvalue weighted by Crippen LogP contribution is 2.23. The molecule has 0 aliphatic heterocycles. The van der Waals surface area contributed by atoms with Gasteiger partial charge >= 0.3 is 0 Å². The van der Waals surface area contributed by atoms with Crippen LogP contribution >= 0.6 is 0 Å². The summed E-state index contributed by atoms with van der Waals surface area (Å²) < 4.78 is 15.6. The summed E-state index contributed by atoms with van der Waals surface area (Å²) in [7, 11) is 0. The number of allylic oxidation sites excluding steroid dienone is 2. The highest BCUT2D eigenvalue weighted by atomic mass is 19.1. The molecule has 1 amide bonds. The minimum absolute atomic E-state index is 0.105. The van der Waals surface area contributed by atoms with Gasteiger partial charge in [0.1, 0.15) is 5.82 Å². The number of hydrogen-bond donors (Lipinski definition) is 0. The average Bonchev–Trinajstić information content (AvgIpc) is 3.11. The summed E-state index contributed by atoms with van der Waals surface area (Å²) in [4.78, 5) is 27.0. The molecule has 0 atom stereocenters. The maximum Gasteiger partial charge on any atom is 0.247 e. The van der Waals surface area contributed by atoms with E-state index in [1.165, 1.54) is 34.7 Å². The van der Waals surface area contributed by atoms with Crippen LogP contribution in [-0.2, 0) is 11.3 Å². The van der Waals surface area contributed by atoms with Crippen molar-refractivity contribution >= 4 is 28.7 Å². The van der Waals surface area contributed by atoms with E-state index >= 15 is 0 Å². The third-order valence-electron chi connectivity index (χ3n) is 5.29. The first kappa shape index (κ1) is 23.2. The number of nitrogens with zero attached hydrogens (tertiary/aromatic N) is 2. The molecule has 0 radical (unpaired) electrons. The molecule has 5 heteroatoms. The second kappa shape index (κ2) is 10.2. The van der Waals surface area contributed by atoms with E-state index in [4.69, 9.17) is 0 Å². The van der Waals surface area contributed by atoms with Crippen LogP contribution in [0.25, 0.3) is 17.0 Å². The number of hydrogen-bond acceptors (Lipinski definition) is 2. The van der Waals surface area contributed by atoms with Crippen molar-refractivity contribution in [1.29, 1.82) is 0 Å². The molecule has 2 aromatic carbocycles. The van der Waals surface area contributed by atoms with E-state index in [0.717, 1.165) is 23.0 Å². The van der Waals surface area contributed by atoms with Gasteiger partial charge in [-0.25, -0.2) is 4.39 Å². The third kappa shape index (κ3) is 5.61. The van der Waals surface area contributed by atoms with Crippen LogP contribution in [0.4, 0.5) is 4.39 Å². The van der Waals surface area contributed by atoms with Crippen molar-refractivity contribution in [3.63, 3.8) is 0 Å². The molecule has 0 fully saturated rings. The van der Waals surface area contributed by atoms with Gasteiger partial charge in [-0.1, -0.05) is 42.0 Å². The molecule has 0 aliphatic carbocycles. The lowest BCUT2D eigenvalue weighted by Gasteiger charge is -2.24. The lowest BCUT2D eigenvalue weighted by molar-refractivity contribution is -0.127. The Morgan fingerprint density at radius 3 is 2.53 bits per heavy atom. The first-order valence-corrected chi connectivity index (χ1v) is 10.7. The molecule has 0 unspecified atom stereocenters. The van der Waals surface area contributed by atoms with Crippen LogP contribution in [0.15, 0.2) is 72.5 Å². The van der Waals surface area contributed by atoms with E-state index < -0.39 is 5.82 Å². The minimum Gasteiger partial charge on any atom is -0.343 e. The fraction of sp³-hybridized carbons (Fsp3) is 0.259. The van der Waals surface area contributed by atoms with Gasteiger partial charge in [0.15, 0.2) is 5.78 Å². The zero-order valence-electron chi connectivity index (χ0n) is 19.0. The number of rotatable bonds is 8. The van der Waals surface area contributed by atoms with Gasteiger partial charge in [0.25, 0.3) is 0 Å². The summed E-state index contributed by atoms with van der Waals surface area (Å²) in [6, 6.07) is 13.4. The predicted molar refractivity (Wildman–Crippen MR) is 128 cm³/mol. The highest BCUT2D eigenvalue weighted by Gasteiger charge is 2.19. The number of benzene rings is 2. The highest BCUT2D eigenvalue weighted by molar-refractivity contribution is 6.02. The largest absolute Gasteiger partial charge is 0.343 e. The number of amides is 1. The Morgan fingerprint density at radius 1 is 1.09 bits per heavy atom. The molecule has 1 heterocycles. The van der Waals surface area contributed by atoms with Gasteiger partial charge in [-0.3, -0.25) is 9.59 Å². The Morgan fingerprint density at radius 2 is 1.84 bits per heavy atom. The number of carbonyl (C=O) groups excluding carboxylic acids is 2. The smallest absolute Gasteiger partial charge is 0.247 e. The van der Waals surface area contributed by atoms with E-state index in [2.05, 4.69) is 30.6 Å². The van der Waals surface area contributed by atoms with Gasteiger partial charge in [0, 0.05) is 46.9 Å². The first-order chi connectivity index (χ1) is 15.3. The minimum atomic E-state index is -0.470. The van der Waals surface area contributed by atoms with E-state index in [1.54, 1.807) is 12.1 Å². The molecule has 1 aromatic heterocycles. The van der Waals surface area contributed by atoms with Crippen LogP contribution in [0.1, 0.15) is 43.6 Å². The summed E-state index contributed by atoms with van der Waals surface area (Å²) in [6.45, 7) is 8.50. The summed E-state index contributed by atoms with van der Waals surface area (Å²) in [5, 5.41) is 1.06. The number of carbonyl (C=O) groups is 2. The molecule has 0 aliphatic rings. The third-order valence-corrected chi connectivity index (χ3v) is 5.29. The maximum atomic E-state index is 13.5. The Labute approximate surface area is 188 Å². The lowest BCUT2D eigenvalue weighted by Crippen LogP contribution is -2.39. The predicted octanol–water partition coefficient (Wildman–Crippen LogP) is 5.88. The van der Waals surface area contributed by atoms with E-state index in [1.807, 2.05) is 38.2 Å². The van der Waals surface area contributed by atoms with Gasteiger partial charge in [-0.15, -0.1) is 0 Å². The van der Waals surface area contributed by atoms with Crippen LogP contribution in [0, 0.1) is 5.82 Å². The van der Waals surface area contributed by atoms with E-state index in [-0.39, 0.29) is 29.8 Å². The summed E-state index contributed by atoms with van der Waals surface area (Å²) in [6.07, 6.45) is 7.49. The van der Waals surface area contributed by atoms with Crippen molar-refractivity contribution in [1.82, 2.24) is 9.47 Å². The second-order valence-electron chi connectivity index (χ2n) is 8.36. The Kier molecular flexibility index (Phi) is 7.41. The number of halogens is 1. The molecule has 0 N–H and O–H groups in total. The zero-order chi connectivity index (χ0) is 23.3. The van der Waals surface area contributed by atoms with Crippen LogP contribution in [-0.4, -0.2) is 33.7 Å². The van der Waals surface area contributed by atoms with Crippen LogP contribution in [0.3, 0.4) is 0 Å². The van der Waals surface area contributed by atoms with E-state index in [0.29, 0.717) is 0 Å². The number of ketones is 1. The molecule has 0 saturated heterocycles. The number of fused-ring (bicyclic) bond motifs is 1. The van der Waals surface area contributed by atoms with Crippen molar-refractivity contribution < 1.29 is 14.0 Å². The molecular formula is C27H29FN2O2. The van der Waals surface area contributed by atoms with Crippen molar-refractivity contribution in [2.75, 3.05) is 6.54 Å². The van der Waals surface area contributed by atoms with Crippen LogP contribution < -0.4 is 0 Å². The second-order valence-corrected chi connectivity index (χ2v) is 8.36. The summed E-state index contributed by atoms with van der Waals surface area (Å²) >= 11 is 0. The Hall–Kier alpha value is -3.47. The molecule has 0 bridgehead atoms. The Balaban J connectivity index is 1.82. The van der Waals surface area contributed by atoms with Crippen molar-refractivity contribution in [2.45, 2.75) is 40.3 Å². The summed E-state index contributed by atoms with van der Waals surface area (Å²) in [5.41, 5.74) is 3.54. The molecule has 166 valence electrons. The van der Waals surface area contributed by atoms with Gasteiger partial charge < -0.3 is 9.47 Å². The Bertz CT molecular complexity index is 1180. The fourth-order valence-electron chi connectivity index (χ4n) is 3.52. The topological polar surface area (TPSA) is 42.3 Å². The number of para-hydroxylation sites is 1. The lowest BCUT2D eigenvalue weighted by atomic mass is 10.1. The van der Waals surface area contributed by atoms with Gasteiger partial charge in [0.05, 0.1) is 6.54 Å². The average molecular weight is 433 g/mol. The van der Waals surface area contributed by atoms with Crippen LogP contribution in [0.2, 0.25) is 0 Å². The molecule has 32 heavy (non-hydrogen) atoms. The normalized spacial score (nSPS) is 11.3. The SMILES string of the molecule is CC(C)=CCn1cc(/C=C/C(=O)N(CC(=O)c2cccc(F)c2)C(C)C)c2ccccc21. The van der Waals surface area contributed by atoms with Gasteiger partial charge in [-0.05, 0) is 52.0 Å². The number of aromatic nitrogens is 1. The molecule has 4 nitrogen and oxygen atoms in total. The van der Waals surface area contributed by atoms with Gasteiger partial charge in [0.2, 0.25) is 5.91 Å². The molecule has 0 spiro atoms. The number of Topliss-reactive ketones (excluding diaryl/α,β-unsaturated/α-hetero) is 1. The molecule has 0 saturated carbocycles. The molecule has 3 aromatic rings. The molecular weight excluding hydrogens is 403 g/mol. The van der Waals surface area contributed by atoms with Crippen LogP contribution in [0.5, 0.6) is 0 Å². The zero-order valence-corrected chi connectivity index (χ0v) is 19.0. The van der Waals surface area contributed by atoms with Crippen molar-refractivity contribution in [3.8, 4) is 0 Å². The van der Waals surface area contributed by atoms with Crippen molar-refractivity contribution in [3.05, 3.63) is 89.4 Å². The molecule has 3 rings (SSSR count). The van der Waals surface area contributed by atoms with E-state index in [9.17, 15) is 14.0 Å². The maximum absolute atomic E-state index is 13.5. The van der Waals surface area contributed by atoms with Gasteiger partial charge in [-0.2, -0.15) is 0 Å².